The molecule has 1 amide bonds. The van der Waals surface area contributed by atoms with Gasteiger partial charge in [0.2, 0.25) is 12.7 Å². The Bertz CT molecular complexity index is 1190. The quantitative estimate of drug-likeness (QED) is 0.316. The zero-order valence-electron chi connectivity index (χ0n) is 18.2. The van der Waals surface area contributed by atoms with Crippen LogP contribution in [0.25, 0.3) is 17.1 Å². The second kappa shape index (κ2) is 9.67. The number of benzene rings is 1. The Balaban J connectivity index is 1.23. The maximum atomic E-state index is 12.3. The van der Waals surface area contributed by atoms with Crippen molar-refractivity contribution in [2.75, 3.05) is 50.8 Å². The van der Waals surface area contributed by atoms with Gasteiger partial charge in [-0.15, -0.1) is 0 Å². The smallest absolute Gasteiger partial charge is 0.244 e. The van der Waals surface area contributed by atoms with Gasteiger partial charge in [0.05, 0.1) is 31.3 Å². The van der Waals surface area contributed by atoms with Crippen LogP contribution in [-0.2, 0) is 16.1 Å². The number of ether oxygens (including phenoxy) is 3. The molecule has 33 heavy (non-hydrogen) atoms. The lowest BCUT2D eigenvalue weighted by Gasteiger charge is -2.28. The Morgan fingerprint density at radius 2 is 2.06 bits per heavy atom. The molecule has 172 valence electrons. The fraction of sp³-hybridized carbons (Fsp3) is 0.364. The number of carbonyl (C=O) groups is 1. The van der Waals surface area contributed by atoms with Gasteiger partial charge in [0.1, 0.15) is 5.82 Å². The lowest BCUT2D eigenvalue weighted by Crippen LogP contribution is -2.37. The number of anilines is 1. The third kappa shape index (κ3) is 4.74. The molecule has 1 saturated heterocycles. The van der Waals surface area contributed by atoms with E-state index in [0.717, 1.165) is 35.5 Å². The largest absolute Gasteiger partial charge is 0.454 e. The Kier molecular flexibility index (Phi) is 6.31. The van der Waals surface area contributed by atoms with Crippen LogP contribution in [0.4, 0.5) is 5.82 Å². The molecule has 11 heteroatoms. The zero-order valence-corrected chi connectivity index (χ0v) is 19.0. The number of hydrogen-bond donors (Lipinski definition) is 1. The lowest BCUT2D eigenvalue weighted by molar-refractivity contribution is -0.116. The number of nitrogens with one attached hydrogen (secondary N) is 1. The second-order valence-electron chi connectivity index (χ2n) is 7.48. The Labute approximate surface area is 194 Å². The highest BCUT2D eigenvalue weighted by Gasteiger charge is 2.20. The number of aromatic nitrogens is 4. The van der Waals surface area contributed by atoms with Crippen LogP contribution in [0.5, 0.6) is 11.5 Å². The molecular formula is C22H24N6O4S. The molecule has 10 nitrogen and oxygen atoms in total. The van der Waals surface area contributed by atoms with Crippen molar-refractivity contribution in [2.45, 2.75) is 11.7 Å². The summed E-state index contributed by atoms with van der Waals surface area (Å²) in [6.07, 6.45) is 7.00. The van der Waals surface area contributed by atoms with Crippen LogP contribution in [0.2, 0.25) is 0 Å². The summed E-state index contributed by atoms with van der Waals surface area (Å²) in [4.78, 5) is 23.9. The van der Waals surface area contributed by atoms with Gasteiger partial charge in [0, 0.05) is 25.7 Å². The van der Waals surface area contributed by atoms with E-state index in [2.05, 4.69) is 20.3 Å². The predicted octanol–water partition coefficient (Wildman–Crippen LogP) is 1.94. The summed E-state index contributed by atoms with van der Waals surface area (Å²) in [5, 5.41) is 9.00. The van der Waals surface area contributed by atoms with E-state index < -0.39 is 0 Å². The van der Waals surface area contributed by atoms with Gasteiger partial charge in [0.15, 0.2) is 22.3 Å². The van der Waals surface area contributed by atoms with Crippen molar-refractivity contribution in [3.63, 3.8) is 0 Å². The molecule has 1 fully saturated rings. The number of nitrogens with zero attached hydrogens (tertiary/aromatic N) is 5. The number of hydrogen-bond acceptors (Lipinski definition) is 9. The first-order valence-corrected chi connectivity index (χ1v) is 11.9. The standard InChI is InChI=1S/C22H24N6O4S/c1-33-22-25-20(27-8-10-30-11-9-27)16-13-24-28(21(16)26-22)7-6-23-19(29)5-3-15-2-4-17-18(12-15)32-14-31-17/h2-5,12-13H,6-11,14H2,1H3,(H,23,29)/b5-3-. The molecule has 0 radical (unpaired) electrons. The number of morpholine rings is 1. The average Bonchev–Trinajstić information content (AvgIpc) is 3.49. The van der Waals surface area contributed by atoms with Gasteiger partial charge in [-0.3, -0.25) is 4.79 Å². The average molecular weight is 469 g/mol. The molecule has 1 aromatic carbocycles. The monoisotopic (exact) mass is 468 g/mol. The highest BCUT2D eigenvalue weighted by Crippen LogP contribution is 2.32. The van der Waals surface area contributed by atoms with Crippen LogP contribution in [0.15, 0.2) is 35.6 Å². The fourth-order valence-corrected chi connectivity index (χ4v) is 4.08. The number of rotatable bonds is 7. The SMILES string of the molecule is CSc1nc(N2CCOCC2)c2cnn(CCNC(=O)/C=C\c3ccc4c(c3)OCO4)c2n1. The van der Waals surface area contributed by atoms with E-state index in [1.165, 1.54) is 17.8 Å². The van der Waals surface area contributed by atoms with Gasteiger partial charge in [-0.05, 0) is 30.0 Å². The number of amides is 1. The van der Waals surface area contributed by atoms with Crippen molar-refractivity contribution >= 4 is 40.6 Å². The van der Waals surface area contributed by atoms with Crippen LogP contribution in [0.1, 0.15) is 5.56 Å². The van der Waals surface area contributed by atoms with Gasteiger partial charge in [-0.25, -0.2) is 14.6 Å². The van der Waals surface area contributed by atoms with Gasteiger partial charge < -0.3 is 24.4 Å². The third-order valence-electron chi connectivity index (χ3n) is 5.40. The van der Waals surface area contributed by atoms with Crippen LogP contribution in [-0.4, -0.2) is 71.6 Å². The molecule has 0 spiro atoms. The van der Waals surface area contributed by atoms with E-state index in [0.29, 0.717) is 43.0 Å². The summed E-state index contributed by atoms with van der Waals surface area (Å²) in [5.41, 5.74) is 1.63. The lowest BCUT2D eigenvalue weighted by atomic mass is 10.2. The van der Waals surface area contributed by atoms with E-state index in [9.17, 15) is 4.79 Å². The molecule has 4 heterocycles. The number of carbonyl (C=O) groups excluding carboxylic acids is 1. The Hall–Kier alpha value is -3.31. The highest BCUT2D eigenvalue weighted by atomic mass is 32.2. The van der Waals surface area contributed by atoms with Crippen molar-refractivity contribution in [2.24, 2.45) is 0 Å². The molecule has 1 N–H and O–H groups in total. The van der Waals surface area contributed by atoms with E-state index in [4.69, 9.17) is 19.2 Å². The minimum absolute atomic E-state index is 0.183. The van der Waals surface area contributed by atoms with Gasteiger partial charge in [-0.2, -0.15) is 5.10 Å². The van der Waals surface area contributed by atoms with E-state index in [1.54, 1.807) is 12.3 Å². The minimum atomic E-state index is -0.183. The second-order valence-corrected chi connectivity index (χ2v) is 8.25. The van der Waals surface area contributed by atoms with E-state index in [-0.39, 0.29) is 12.7 Å². The van der Waals surface area contributed by atoms with Crippen molar-refractivity contribution in [3.8, 4) is 11.5 Å². The molecule has 2 aromatic heterocycles. The molecule has 2 aliphatic heterocycles. The summed E-state index contributed by atoms with van der Waals surface area (Å²) in [7, 11) is 0. The first kappa shape index (κ1) is 21.5. The van der Waals surface area contributed by atoms with Crippen molar-refractivity contribution in [1.82, 2.24) is 25.1 Å². The van der Waals surface area contributed by atoms with Gasteiger partial charge >= 0.3 is 0 Å². The fourth-order valence-electron chi connectivity index (χ4n) is 3.72. The Morgan fingerprint density at radius 3 is 2.91 bits per heavy atom. The molecule has 5 rings (SSSR count). The van der Waals surface area contributed by atoms with Crippen LogP contribution in [0.3, 0.4) is 0 Å². The topological polar surface area (TPSA) is 104 Å². The van der Waals surface area contributed by atoms with Crippen LogP contribution >= 0.6 is 11.8 Å². The summed E-state index contributed by atoms with van der Waals surface area (Å²) >= 11 is 1.50. The normalized spacial score (nSPS) is 15.5. The van der Waals surface area contributed by atoms with E-state index >= 15 is 0 Å². The molecule has 0 aliphatic carbocycles. The summed E-state index contributed by atoms with van der Waals surface area (Å²) in [6.45, 7) is 4.09. The third-order valence-corrected chi connectivity index (χ3v) is 5.94. The molecule has 0 unspecified atom stereocenters. The molecule has 3 aromatic rings. The maximum absolute atomic E-state index is 12.3. The van der Waals surface area contributed by atoms with Gasteiger partial charge in [-0.1, -0.05) is 17.8 Å². The first-order chi connectivity index (χ1) is 16.2. The molecule has 0 atom stereocenters. The summed E-state index contributed by atoms with van der Waals surface area (Å²) in [5.74, 6) is 2.10. The number of fused-ring (bicyclic) bond motifs is 2. The van der Waals surface area contributed by atoms with Crippen molar-refractivity contribution < 1.29 is 19.0 Å². The summed E-state index contributed by atoms with van der Waals surface area (Å²) < 4.78 is 17.9. The van der Waals surface area contributed by atoms with Crippen molar-refractivity contribution in [3.05, 3.63) is 36.0 Å². The highest BCUT2D eigenvalue weighted by molar-refractivity contribution is 7.98. The predicted molar refractivity (Wildman–Crippen MR) is 125 cm³/mol. The maximum Gasteiger partial charge on any atom is 0.244 e. The Morgan fingerprint density at radius 1 is 1.21 bits per heavy atom. The van der Waals surface area contributed by atoms with Crippen LogP contribution in [0, 0.1) is 0 Å². The molecule has 0 bridgehead atoms. The minimum Gasteiger partial charge on any atom is -0.454 e. The first-order valence-electron chi connectivity index (χ1n) is 10.7. The summed E-state index contributed by atoms with van der Waals surface area (Å²) in [6, 6.07) is 5.55. The van der Waals surface area contributed by atoms with Crippen LogP contribution < -0.4 is 19.7 Å². The van der Waals surface area contributed by atoms with E-state index in [1.807, 2.05) is 29.1 Å². The number of thioether (sulfide) groups is 1. The molecular weight excluding hydrogens is 444 g/mol. The molecule has 2 aliphatic rings. The van der Waals surface area contributed by atoms with Crippen molar-refractivity contribution in [1.29, 1.82) is 0 Å². The zero-order chi connectivity index (χ0) is 22.6. The van der Waals surface area contributed by atoms with Gasteiger partial charge in [0.25, 0.3) is 0 Å². The molecule has 0 saturated carbocycles.